The van der Waals surface area contributed by atoms with E-state index in [-0.39, 0.29) is 29.6 Å². The number of aromatic nitrogens is 1. The summed E-state index contributed by atoms with van der Waals surface area (Å²) in [5, 5.41) is 2.36. The number of hydrogen-bond donors (Lipinski definition) is 1. The molecule has 9 nitrogen and oxygen atoms in total. The van der Waals surface area contributed by atoms with Crippen molar-refractivity contribution in [3.8, 4) is 11.6 Å². The third-order valence-electron chi connectivity index (χ3n) is 4.15. The average Bonchev–Trinajstić information content (AvgIpc) is 2.68. The van der Waals surface area contributed by atoms with Gasteiger partial charge in [0.05, 0.1) is 39.1 Å². The molecule has 0 spiro atoms. The second-order valence-corrected chi connectivity index (χ2v) is 5.79. The molecule has 1 fully saturated rings. The lowest BCUT2D eigenvalue weighted by molar-refractivity contribution is -0.150. The zero-order chi connectivity index (χ0) is 19.1. The Hall–Kier alpha value is -2.84. The van der Waals surface area contributed by atoms with E-state index >= 15 is 0 Å². The Morgan fingerprint density at radius 2 is 1.77 bits per heavy atom. The number of pyridine rings is 1. The molecule has 0 aliphatic heterocycles. The Morgan fingerprint density at radius 1 is 1.08 bits per heavy atom. The van der Waals surface area contributed by atoms with Crippen molar-refractivity contribution in [2.24, 2.45) is 5.92 Å². The van der Waals surface area contributed by atoms with Crippen LogP contribution in [0.4, 0.5) is 5.69 Å². The molecule has 26 heavy (non-hydrogen) atoms. The minimum atomic E-state index is -1.01. The van der Waals surface area contributed by atoms with Gasteiger partial charge in [-0.1, -0.05) is 0 Å². The van der Waals surface area contributed by atoms with Gasteiger partial charge in [-0.2, -0.15) is 0 Å². The molecule has 1 heterocycles. The van der Waals surface area contributed by atoms with E-state index < -0.39 is 11.9 Å². The summed E-state index contributed by atoms with van der Waals surface area (Å²) >= 11 is 0. The number of nitrogens with one attached hydrogen (secondary N) is 1. The lowest BCUT2D eigenvalue weighted by atomic mass is 9.87. The van der Waals surface area contributed by atoms with Gasteiger partial charge in [-0.25, -0.2) is 9.78 Å². The van der Waals surface area contributed by atoms with Gasteiger partial charge in [-0.3, -0.25) is 9.59 Å². The van der Waals surface area contributed by atoms with E-state index in [1.165, 1.54) is 26.5 Å². The third-order valence-corrected chi connectivity index (χ3v) is 4.15. The SMILES string of the molecule is COC(=O)C(=O)Nc1cnc(O[C@H]2CC[C@@H](C(=O)OC)CC2)c(OC)c1. The summed E-state index contributed by atoms with van der Waals surface area (Å²) in [6.07, 6.45) is 4.04. The molecule has 0 unspecified atom stereocenters. The van der Waals surface area contributed by atoms with Gasteiger partial charge in [0.25, 0.3) is 5.88 Å². The largest absolute Gasteiger partial charge is 0.491 e. The van der Waals surface area contributed by atoms with E-state index in [1.807, 2.05) is 0 Å². The molecule has 0 atom stereocenters. The topological polar surface area (TPSA) is 113 Å². The van der Waals surface area contributed by atoms with Crippen LogP contribution in [0.15, 0.2) is 12.3 Å². The molecule has 0 radical (unpaired) electrons. The van der Waals surface area contributed by atoms with Crippen LogP contribution in [0, 0.1) is 5.92 Å². The standard InChI is InChI=1S/C17H22N2O7/c1-23-13-8-11(19-14(20)17(22)25-3)9-18-15(13)26-12-6-4-10(5-7-12)16(21)24-2/h8-10,12H,4-7H2,1-3H3,(H,19,20)/t10-,12+. The van der Waals surface area contributed by atoms with E-state index in [9.17, 15) is 14.4 Å². The van der Waals surface area contributed by atoms with Crippen LogP contribution in [-0.2, 0) is 23.9 Å². The Morgan fingerprint density at radius 3 is 2.35 bits per heavy atom. The zero-order valence-electron chi connectivity index (χ0n) is 14.9. The summed E-state index contributed by atoms with van der Waals surface area (Å²) in [5.74, 6) is -1.60. The quantitative estimate of drug-likeness (QED) is 0.613. The first-order valence-corrected chi connectivity index (χ1v) is 8.16. The fourth-order valence-electron chi connectivity index (χ4n) is 2.75. The van der Waals surface area contributed by atoms with E-state index in [1.54, 1.807) is 0 Å². The number of carbonyl (C=O) groups is 3. The molecule has 0 aromatic carbocycles. The molecule has 9 heteroatoms. The van der Waals surface area contributed by atoms with Crippen molar-refractivity contribution in [3.05, 3.63) is 12.3 Å². The smallest absolute Gasteiger partial charge is 0.396 e. The summed E-state index contributed by atoms with van der Waals surface area (Å²) in [5.41, 5.74) is 0.277. The van der Waals surface area contributed by atoms with Crippen LogP contribution in [0.25, 0.3) is 0 Å². The second kappa shape index (κ2) is 9.02. The lowest BCUT2D eigenvalue weighted by Crippen LogP contribution is -2.29. The van der Waals surface area contributed by atoms with Gasteiger partial charge in [0.1, 0.15) is 6.10 Å². The van der Waals surface area contributed by atoms with E-state index in [0.717, 1.165) is 7.11 Å². The van der Waals surface area contributed by atoms with Crippen LogP contribution in [0.2, 0.25) is 0 Å². The molecule has 2 rings (SSSR count). The Bertz CT molecular complexity index is 669. The summed E-state index contributed by atoms with van der Waals surface area (Å²) < 4.78 is 20.2. The summed E-state index contributed by atoms with van der Waals surface area (Å²) in [6, 6.07) is 1.50. The number of amides is 1. The van der Waals surface area contributed by atoms with E-state index in [2.05, 4.69) is 15.0 Å². The molecular formula is C17H22N2O7. The number of carbonyl (C=O) groups excluding carboxylic acids is 3. The maximum absolute atomic E-state index is 11.6. The number of rotatable bonds is 5. The molecule has 0 saturated heterocycles. The lowest BCUT2D eigenvalue weighted by Gasteiger charge is -2.27. The Labute approximate surface area is 151 Å². The normalized spacial score (nSPS) is 19.2. The van der Waals surface area contributed by atoms with Crippen LogP contribution in [0.5, 0.6) is 11.6 Å². The maximum Gasteiger partial charge on any atom is 0.396 e. The number of anilines is 1. The summed E-state index contributed by atoms with van der Waals surface area (Å²) in [7, 11) is 3.96. The number of ether oxygens (including phenoxy) is 4. The van der Waals surface area contributed by atoms with Crippen molar-refractivity contribution in [2.75, 3.05) is 26.6 Å². The second-order valence-electron chi connectivity index (χ2n) is 5.79. The highest BCUT2D eigenvalue weighted by molar-refractivity contribution is 6.37. The fourth-order valence-corrected chi connectivity index (χ4v) is 2.75. The fraction of sp³-hybridized carbons (Fsp3) is 0.529. The minimum absolute atomic E-state index is 0.0900. The van der Waals surface area contributed by atoms with Gasteiger partial charge in [0.15, 0.2) is 5.75 Å². The minimum Gasteiger partial charge on any atom is -0.491 e. The van der Waals surface area contributed by atoms with Gasteiger partial charge >= 0.3 is 17.8 Å². The van der Waals surface area contributed by atoms with Gasteiger partial charge in [0, 0.05) is 6.07 Å². The van der Waals surface area contributed by atoms with Gasteiger partial charge in [0.2, 0.25) is 0 Å². The first kappa shape index (κ1) is 19.5. The summed E-state index contributed by atoms with van der Waals surface area (Å²) in [6.45, 7) is 0. The van der Waals surface area contributed by atoms with Crippen molar-refractivity contribution in [2.45, 2.75) is 31.8 Å². The predicted molar refractivity (Wildman–Crippen MR) is 89.8 cm³/mol. The van der Waals surface area contributed by atoms with Gasteiger partial charge in [-0.15, -0.1) is 0 Å². The molecule has 1 aliphatic rings. The molecule has 0 bridgehead atoms. The highest BCUT2D eigenvalue weighted by atomic mass is 16.5. The highest BCUT2D eigenvalue weighted by Gasteiger charge is 2.28. The molecule has 1 saturated carbocycles. The first-order valence-electron chi connectivity index (χ1n) is 8.16. The van der Waals surface area contributed by atoms with Crippen LogP contribution in [0.1, 0.15) is 25.7 Å². The summed E-state index contributed by atoms with van der Waals surface area (Å²) in [4.78, 5) is 38.4. The van der Waals surface area contributed by atoms with Crippen molar-refractivity contribution in [1.82, 2.24) is 4.98 Å². The highest BCUT2D eigenvalue weighted by Crippen LogP contribution is 2.32. The van der Waals surface area contributed by atoms with Gasteiger partial charge in [-0.05, 0) is 25.7 Å². The van der Waals surface area contributed by atoms with Crippen molar-refractivity contribution in [3.63, 3.8) is 0 Å². The molecule has 1 aromatic heterocycles. The molecule has 1 aliphatic carbocycles. The number of esters is 2. The van der Waals surface area contributed by atoms with Crippen LogP contribution in [-0.4, -0.2) is 50.3 Å². The van der Waals surface area contributed by atoms with Crippen LogP contribution >= 0.6 is 0 Å². The molecule has 142 valence electrons. The van der Waals surface area contributed by atoms with E-state index in [0.29, 0.717) is 31.4 Å². The van der Waals surface area contributed by atoms with Crippen LogP contribution < -0.4 is 14.8 Å². The third kappa shape index (κ3) is 4.84. The molecular weight excluding hydrogens is 344 g/mol. The number of hydrogen-bond acceptors (Lipinski definition) is 8. The molecule has 1 aromatic rings. The predicted octanol–water partition coefficient (Wildman–Crippen LogP) is 1.31. The number of methoxy groups -OCH3 is 3. The molecule has 1 N–H and O–H groups in total. The van der Waals surface area contributed by atoms with Crippen molar-refractivity contribution < 1.29 is 33.3 Å². The Kier molecular flexibility index (Phi) is 6.76. The average molecular weight is 366 g/mol. The molecule has 1 amide bonds. The monoisotopic (exact) mass is 366 g/mol. The maximum atomic E-state index is 11.6. The zero-order valence-corrected chi connectivity index (χ0v) is 14.9. The Balaban J connectivity index is 1.99. The first-order chi connectivity index (χ1) is 12.5. The van der Waals surface area contributed by atoms with E-state index in [4.69, 9.17) is 14.2 Å². The van der Waals surface area contributed by atoms with Crippen molar-refractivity contribution >= 4 is 23.5 Å². The van der Waals surface area contributed by atoms with Crippen molar-refractivity contribution in [1.29, 1.82) is 0 Å². The van der Waals surface area contributed by atoms with Crippen LogP contribution in [0.3, 0.4) is 0 Å². The van der Waals surface area contributed by atoms with Gasteiger partial charge < -0.3 is 24.3 Å². The number of nitrogens with zero attached hydrogens (tertiary/aromatic N) is 1.